The van der Waals surface area contributed by atoms with Crippen molar-refractivity contribution in [3.05, 3.63) is 10.6 Å². The van der Waals surface area contributed by atoms with Crippen LogP contribution in [0.4, 0.5) is 5.13 Å². The van der Waals surface area contributed by atoms with E-state index in [0.29, 0.717) is 0 Å². The van der Waals surface area contributed by atoms with Crippen LogP contribution in [0.1, 0.15) is 43.7 Å². The number of aromatic nitrogens is 1. The van der Waals surface area contributed by atoms with Gasteiger partial charge >= 0.3 is 0 Å². The minimum absolute atomic E-state index is 0.927. The lowest BCUT2D eigenvalue weighted by atomic mass is 10.3. The molecule has 18 heavy (non-hydrogen) atoms. The highest BCUT2D eigenvalue weighted by atomic mass is 32.1. The Hall–Kier alpha value is -0.610. The lowest BCUT2D eigenvalue weighted by molar-refractivity contribution is 0.678. The number of hydrogen-bond donors (Lipinski definition) is 1. The van der Waals surface area contributed by atoms with Gasteiger partial charge in [-0.2, -0.15) is 0 Å². The summed E-state index contributed by atoms with van der Waals surface area (Å²) in [6.07, 6.45) is 4.00. The van der Waals surface area contributed by atoms with Gasteiger partial charge in [-0.05, 0) is 45.6 Å². The molecule has 1 fully saturated rings. The van der Waals surface area contributed by atoms with E-state index in [0.717, 1.165) is 25.6 Å². The Kier molecular flexibility index (Phi) is 5.01. The molecule has 1 aliphatic rings. The molecule has 1 aliphatic carbocycles. The van der Waals surface area contributed by atoms with Crippen LogP contribution in [0.15, 0.2) is 0 Å². The Bertz CT molecular complexity index is 371. The third kappa shape index (κ3) is 3.69. The summed E-state index contributed by atoms with van der Waals surface area (Å²) in [4.78, 5) is 8.58. The van der Waals surface area contributed by atoms with E-state index >= 15 is 0 Å². The summed E-state index contributed by atoms with van der Waals surface area (Å²) in [6, 6.07) is 0. The summed E-state index contributed by atoms with van der Waals surface area (Å²) in [6.45, 7) is 10.9. The van der Waals surface area contributed by atoms with Crippen LogP contribution in [0, 0.1) is 12.8 Å². The van der Waals surface area contributed by atoms with Gasteiger partial charge in [0, 0.05) is 24.5 Å². The molecule has 2 rings (SSSR count). The van der Waals surface area contributed by atoms with E-state index in [-0.39, 0.29) is 0 Å². The number of rotatable bonds is 8. The molecule has 1 aromatic rings. The van der Waals surface area contributed by atoms with Crippen molar-refractivity contribution in [2.24, 2.45) is 5.92 Å². The van der Waals surface area contributed by atoms with E-state index in [9.17, 15) is 0 Å². The second kappa shape index (κ2) is 6.53. The van der Waals surface area contributed by atoms with Gasteiger partial charge < -0.3 is 10.2 Å². The van der Waals surface area contributed by atoms with Gasteiger partial charge in [0.2, 0.25) is 0 Å². The molecule has 0 unspecified atom stereocenters. The van der Waals surface area contributed by atoms with Gasteiger partial charge in [-0.25, -0.2) is 4.98 Å². The molecule has 0 aromatic carbocycles. The number of anilines is 1. The quantitative estimate of drug-likeness (QED) is 0.733. The normalized spacial score (nSPS) is 15.1. The molecule has 0 amide bonds. The van der Waals surface area contributed by atoms with E-state index in [1.165, 1.54) is 41.5 Å². The first-order valence-corrected chi connectivity index (χ1v) is 7.98. The van der Waals surface area contributed by atoms with Crippen molar-refractivity contribution in [3.63, 3.8) is 0 Å². The molecule has 4 heteroatoms. The van der Waals surface area contributed by atoms with E-state index < -0.39 is 0 Å². The first-order valence-electron chi connectivity index (χ1n) is 7.16. The van der Waals surface area contributed by atoms with E-state index in [4.69, 9.17) is 4.98 Å². The van der Waals surface area contributed by atoms with Crippen LogP contribution in [0.2, 0.25) is 0 Å². The van der Waals surface area contributed by atoms with Crippen LogP contribution in [0.25, 0.3) is 0 Å². The molecule has 0 aliphatic heterocycles. The summed E-state index contributed by atoms with van der Waals surface area (Å²) in [7, 11) is 0. The molecule has 0 bridgehead atoms. The lowest BCUT2D eigenvalue weighted by Crippen LogP contribution is -2.24. The molecule has 0 saturated heterocycles. The highest BCUT2D eigenvalue weighted by Crippen LogP contribution is 2.33. The fraction of sp³-hybridized carbons (Fsp3) is 0.786. The van der Waals surface area contributed by atoms with Crippen LogP contribution in [-0.2, 0) is 6.54 Å². The van der Waals surface area contributed by atoms with Gasteiger partial charge in [-0.15, -0.1) is 11.3 Å². The van der Waals surface area contributed by atoms with Crippen molar-refractivity contribution in [1.29, 1.82) is 0 Å². The predicted molar refractivity (Wildman–Crippen MR) is 79.5 cm³/mol. The SMILES string of the molecule is CCCNCc1sc(N(CC)CC2CC2)nc1C. The number of nitrogens with zero attached hydrogens (tertiary/aromatic N) is 2. The average Bonchev–Trinajstić information content (AvgIpc) is 3.11. The van der Waals surface area contributed by atoms with Gasteiger partial charge in [-0.1, -0.05) is 6.92 Å². The Morgan fingerprint density at radius 2 is 2.17 bits per heavy atom. The van der Waals surface area contributed by atoms with Crippen LogP contribution in [-0.4, -0.2) is 24.6 Å². The van der Waals surface area contributed by atoms with Crippen molar-refractivity contribution in [3.8, 4) is 0 Å². The molecule has 1 heterocycles. The summed E-state index contributed by atoms with van der Waals surface area (Å²) < 4.78 is 0. The number of aryl methyl sites for hydroxylation is 1. The van der Waals surface area contributed by atoms with Crippen LogP contribution in [0.5, 0.6) is 0 Å². The fourth-order valence-electron chi connectivity index (χ4n) is 2.05. The predicted octanol–water partition coefficient (Wildman–Crippen LogP) is 3.19. The highest BCUT2D eigenvalue weighted by molar-refractivity contribution is 7.15. The minimum Gasteiger partial charge on any atom is -0.348 e. The molecular weight excluding hydrogens is 242 g/mol. The number of hydrogen-bond acceptors (Lipinski definition) is 4. The maximum absolute atomic E-state index is 4.75. The Labute approximate surface area is 115 Å². The summed E-state index contributed by atoms with van der Waals surface area (Å²) in [5, 5.41) is 4.69. The Balaban J connectivity index is 1.96. The van der Waals surface area contributed by atoms with Gasteiger partial charge in [0.15, 0.2) is 5.13 Å². The second-order valence-corrected chi connectivity index (χ2v) is 6.23. The van der Waals surface area contributed by atoms with Crippen LogP contribution < -0.4 is 10.2 Å². The van der Waals surface area contributed by atoms with Gasteiger partial charge in [0.05, 0.1) is 5.69 Å². The first-order chi connectivity index (χ1) is 8.74. The van der Waals surface area contributed by atoms with Crippen molar-refractivity contribution < 1.29 is 0 Å². The zero-order valence-electron chi connectivity index (χ0n) is 11.8. The highest BCUT2D eigenvalue weighted by Gasteiger charge is 2.25. The maximum atomic E-state index is 4.75. The Morgan fingerprint density at radius 1 is 1.39 bits per heavy atom. The standard InChI is InChI=1S/C14H25N3S/c1-4-8-15-9-13-11(3)16-14(18-13)17(5-2)10-12-6-7-12/h12,15H,4-10H2,1-3H3. The Morgan fingerprint density at radius 3 is 2.78 bits per heavy atom. The van der Waals surface area contributed by atoms with E-state index in [2.05, 4.69) is 31.0 Å². The third-order valence-corrected chi connectivity index (χ3v) is 4.64. The molecule has 1 saturated carbocycles. The van der Waals surface area contributed by atoms with Crippen molar-refractivity contribution in [2.45, 2.75) is 46.6 Å². The van der Waals surface area contributed by atoms with Crippen LogP contribution >= 0.6 is 11.3 Å². The average molecular weight is 267 g/mol. The fourth-order valence-corrected chi connectivity index (χ4v) is 3.15. The maximum Gasteiger partial charge on any atom is 0.185 e. The van der Waals surface area contributed by atoms with Crippen molar-refractivity contribution in [1.82, 2.24) is 10.3 Å². The topological polar surface area (TPSA) is 28.2 Å². The monoisotopic (exact) mass is 267 g/mol. The largest absolute Gasteiger partial charge is 0.348 e. The van der Waals surface area contributed by atoms with Gasteiger partial charge in [0.1, 0.15) is 0 Å². The third-order valence-electron chi connectivity index (χ3n) is 3.42. The van der Waals surface area contributed by atoms with Gasteiger partial charge in [0.25, 0.3) is 0 Å². The molecule has 0 spiro atoms. The molecule has 1 N–H and O–H groups in total. The van der Waals surface area contributed by atoms with Gasteiger partial charge in [-0.3, -0.25) is 0 Å². The van der Waals surface area contributed by atoms with Crippen molar-refractivity contribution in [2.75, 3.05) is 24.5 Å². The number of thiazole rings is 1. The smallest absolute Gasteiger partial charge is 0.185 e. The van der Waals surface area contributed by atoms with E-state index in [1.54, 1.807) is 0 Å². The van der Waals surface area contributed by atoms with Crippen LogP contribution in [0.3, 0.4) is 0 Å². The molecule has 102 valence electrons. The second-order valence-electron chi connectivity index (χ2n) is 5.16. The summed E-state index contributed by atoms with van der Waals surface area (Å²) in [5.41, 5.74) is 1.20. The minimum atomic E-state index is 0.927. The molecule has 0 radical (unpaired) electrons. The molecular formula is C14H25N3S. The lowest BCUT2D eigenvalue weighted by Gasteiger charge is -2.19. The summed E-state index contributed by atoms with van der Waals surface area (Å²) >= 11 is 1.86. The van der Waals surface area contributed by atoms with Crippen molar-refractivity contribution >= 4 is 16.5 Å². The number of nitrogens with one attached hydrogen (secondary N) is 1. The summed E-state index contributed by atoms with van der Waals surface area (Å²) in [5.74, 6) is 0.927. The zero-order chi connectivity index (χ0) is 13.0. The molecule has 0 atom stereocenters. The molecule has 3 nitrogen and oxygen atoms in total. The zero-order valence-corrected chi connectivity index (χ0v) is 12.6. The first kappa shape index (κ1) is 13.8. The molecule has 1 aromatic heterocycles. The van der Waals surface area contributed by atoms with E-state index in [1.807, 2.05) is 11.3 Å².